The first kappa shape index (κ1) is 22.5. The number of nitrogens with one attached hydrogen (secondary N) is 1. The molecular formula is C25H28N6O2S. The number of nitrogens with zero attached hydrogens (tertiary/aromatic N) is 5. The predicted octanol–water partition coefficient (Wildman–Crippen LogP) is 3.75. The molecule has 1 N–H and O–H groups in total. The van der Waals surface area contributed by atoms with Crippen molar-refractivity contribution in [3.8, 4) is 22.6 Å². The van der Waals surface area contributed by atoms with Gasteiger partial charge in [0.2, 0.25) is 5.95 Å². The third-order valence-electron chi connectivity index (χ3n) is 5.87. The van der Waals surface area contributed by atoms with E-state index in [0.717, 1.165) is 41.3 Å². The van der Waals surface area contributed by atoms with Crippen LogP contribution in [0.2, 0.25) is 0 Å². The normalized spacial score (nSPS) is 14.1. The molecule has 1 aliphatic rings. The molecule has 3 aromatic heterocycles. The highest BCUT2D eigenvalue weighted by Crippen LogP contribution is 2.34. The Kier molecular flexibility index (Phi) is 5.83. The van der Waals surface area contributed by atoms with Crippen molar-refractivity contribution >= 4 is 21.4 Å². The fourth-order valence-corrected chi connectivity index (χ4v) is 4.67. The van der Waals surface area contributed by atoms with Gasteiger partial charge in [0.1, 0.15) is 5.65 Å². The fourth-order valence-electron chi connectivity index (χ4n) is 4.00. The monoisotopic (exact) mass is 476 g/mol. The van der Waals surface area contributed by atoms with Gasteiger partial charge in [0.25, 0.3) is 0 Å². The summed E-state index contributed by atoms with van der Waals surface area (Å²) in [5.74, 6) is 1.28. The van der Waals surface area contributed by atoms with Crippen molar-refractivity contribution in [2.24, 2.45) is 5.92 Å². The highest BCUT2D eigenvalue weighted by molar-refractivity contribution is 7.90. The molecular weight excluding hydrogens is 448 g/mol. The molecule has 9 heteroatoms. The molecule has 176 valence electrons. The van der Waals surface area contributed by atoms with Crippen LogP contribution in [0.4, 0.5) is 5.95 Å². The van der Waals surface area contributed by atoms with E-state index in [2.05, 4.69) is 27.3 Å². The molecule has 0 atom stereocenters. The lowest BCUT2D eigenvalue weighted by molar-refractivity contribution is 0.402. The van der Waals surface area contributed by atoms with Crippen molar-refractivity contribution in [2.75, 3.05) is 32.2 Å². The van der Waals surface area contributed by atoms with E-state index in [-0.39, 0.29) is 4.90 Å². The first-order valence-electron chi connectivity index (χ1n) is 11.3. The molecule has 1 fully saturated rings. The van der Waals surface area contributed by atoms with Gasteiger partial charge in [-0.25, -0.2) is 23.4 Å². The van der Waals surface area contributed by atoms with Crippen LogP contribution >= 0.6 is 0 Å². The summed E-state index contributed by atoms with van der Waals surface area (Å²) in [6.45, 7) is 1.66. The summed E-state index contributed by atoms with van der Waals surface area (Å²) in [5.41, 5.74) is 4.84. The van der Waals surface area contributed by atoms with Crippen LogP contribution in [0.5, 0.6) is 0 Å². The number of hydrogen-bond acceptors (Lipinski definition) is 7. The maximum Gasteiger partial charge on any atom is 0.223 e. The number of anilines is 1. The molecule has 1 saturated carbocycles. The third-order valence-corrected chi connectivity index (χ3v) is 6.98. The Morgan fingerprint density at radius 1 is 1.12 bits per heavy atom. The SMILES string of the molecule is CN(C)Cc1ccn2c(-c3ccnc(NCC4CC4)n3)c(-c3cccc(S(C)(=O)=O)c3)nc2c1. The molecule has 0 aliphatic heterocycles. The van der Waals surface area contributed by atoms with Gasteiger partial charge in [-0.05, 0) is 68.8 Å². The van der Waals surface area contributed by atoms with Gasteiger partial charge in [-0.2, -0.15) is 0 Å². The Bertz CT molecular complexity index is 1460. The van der Waals surface area contributed by atoms with Gasteiger partial charge in [-0.3, -0.25) is 4.40 Å². The summed E-state index contributed by atoms with van der Waals surface area (Å²) in [7, 11) is 0.703. The Morgan fingerprint density at radius 3 is 2.68 bits per heavy atom. The summed E-state index contributed by atoms with van der Waals surface area (Å²) in [6, 6.07) is 12.9. The van der Waals surface area contributed by atoms with E-state index in [9.17, 15) is 8.42 Å². The van der Waals surface area contributed by atoms with Crippen LogP contribution in [0.1, 0.15) is 18.4 Å². The lowest BCUT2D eigenvalue weighted by Crippen LogP contribution is -2.10. The van der Waals surface area contributed by atoms with E-state index < -0.39 is 9.84 Å². The molecule has 5 rings (SSSR count). The largest absolute Gasteiger partial charge is 0.354 e. The number of hydrogen-bond donors (Lipinski definition) is 1. The summed E-state index contributed by atoms with van der Waals surface area (Å²) >= 11 is 0. The number of benzene rings is 1. The van der Waals surface area contributed by atoms with Crippen molar-refractivity contribution in [3.63, 3.8) is 0 Å². The number of rotatable bonds is 8. The second kappa shape index (κ2) is 8.81. The summed E-state index contributed by atoms with van der Waals surface area (Å²) in [6.07, 6.45) is 7.45. The Labute approximate surface area is 199 Å². The lowest BCUT2D eigenvalue weighted by atomic mass is 10.1. The Morgan fingerprint density at radius 2 is 1.94 bits per heavy atom. The lowest BCUT2D eigenvalue weighted by Gasteiger charge is -2.11. The Hall–Kier alpha value is -3.30. The number of sulfone groups is 1. The minimum atomic E-state index is -3.35. The van der Waals surface area contributed by atoms with Crippen LogP contribution in [0.25, 0.3) is 28.3 Å². The van der Waals surface area contributed by atoms with E-state index in [4.69, 9.17) is 9.97 Å². The molecule has 0 saturated heterocycles. The second-order valence-electron chi connectivity index (χ2n) is 9.20. The second-order valence-corrected chi connectivity index (χ2v) is 11.2. The smallest absolute Gasteiger partial charge is 0.223 e. The molecule has 1 aromatic carbocycles. The minimum absolute atomic E-state index is 0.260. The van der Waals surface area contributed by atoms with Gasteiger partial charge >= 0.3 is 0 Å². The van der Waals surface area contributed by atoms with E-state index in [0.29, 0.717) is 17.6 Å². The molecule has 0 amide bonds. The van der Waals surface area contributed by atoms with Crippen molar-refractivity contribution in [3.05, 3.63) is 60.4 Å². The van der Waals surface area contributed by atoms with Gasteiger partial charge in [-0.15, -0.1) is 0 Å². The van der Waals surface area contributed by atoms with E-state index in [1.54, 1.807) is 24.4 Å². The standard InChI is InChI=1S/C25H28N6O2S/c1-30(2)16-18-10-12-31-22(13-18)29-23(19-5-4-6-20(14-19)34(3,32)33)24(31)21-9-11-26-25(28-21)27-15-17-7-8-17/h4-6,9-14,17H,7-8,15-16H2,1-3H3,(H,26,27,28). The van der Waals surface area contributed by atoms with Gasteiger partial charge in [0, 0.05) is 37.3 Å². The van der Waals surface area contributed by atoms with Crippen LogP contribution in [0.3, 0.4) is 0 Å². The zero-order chi connectivity index (χ0) is 23.9. The summed E-state index contributed by atoms with van der Waals surface area (Å²) in [4.78, 5) is 16.5. The molecule has 0 unspecified atom stereocenters. The summed E-state index contributed by atoms with van der Waals surface area (Å²) in [5, 5.41) is 3.34. The van der Waals surface area contributed by atoms with E-state index in [1.165, 1.54) is 19.1 Å². The van der Waals surface area contributed by atoms with Crippen molar-refractivity contribution in [2.45, 2.75) is 24.3 Å². The minimum Gasteiger partial charge on any atom is -0.354 e. The van der Waals surface area contributed by atoms with Gasteiger partial charge in [-0.1, -0.05) is 12.1 Å². The van der Waals surface area contributed by atoms with E-state index >= 15 is 0 Å². The molecule has 0 spiro atoms. The third kappa shape index (κ3) is 4.80. The molecule has 0 bridgehead atoms. The van der Waals surface area contributed by atoms with Crippen LogP contribution in [-0.4, -0.2) is 59.6 Å². The zero-order valence-corrected chi connectivity index (χ0v) is 20.4. The van der Waals surface area contributed by atoms with Crippen LogP contribution < -0.4 is 5.32 Å². The molecule has 34 heavy (non-hydrogen) atoms. The average Bonchev–Trinajstić information content (AvgIpc) is 3.55. The number of fused-ring (bicyclic) bond motifs is 1. The topological polar surface area (TPSA) is 92.5 Å². The van der Waals surface area contributed by atoms with Crippen molar-refractivity contribution in [1.82, 2.24) is 24.3 Å². The summed E-state index contributed by atoms with van der Waals surface area (Å²) < 4.78 is 26.4. The molecule has 4 aromatic rings. The maximum atomic E-state index is 12.2. The van der Waals surface area contributed by atoms with Crippen LogP contribution in [0.15, 0.2) is 59.8 Å². The van der Waals surface area contributed by atoms with E-state index in [1.807, 2.05) is 36.8 Å². The van der Waals surface area contributed by atoms with Gasteiger partial charge in [0.05, 0.1) is 22.0 Å². The Balaban J connectivity index is 1.66. The highest BCUT2D eigenvalue weighted by Gasteiger charge is 2.22. The first-order chi connectivity index (χ1) is 16.3. The van der Waals surface area contributed by atoms with Gasteiger partial charge in [0.15, 0.2) is 9.84 Å². The van der Waals surface area contributed by atoms with Crippen molar-refractivity contribution < 1.29 is 8.42 Å². The molecule has 1 aliphatic carbocycles. The number of pyridine rings is 1. The number of imidazole rings is 1. The highest BCUT2D eigenvalue weighted by atomic mass is 32.2. The van der Waals surface area contributed by atoms with Crippen LogP contribution in [0, 0.1) is 5.92 Å². The average molecular weight is 477 g/mol. The number of aromatic nitrogens is 4. The zero-order valence-electron chi connectivity index (χ0n) is 19.6. The predicted molar refractivity (Wildman–Crippen MR) is 133 cm³/mol. The van der Waals surface area contributed by atoms with Crippen molar-refractivity contribution in [1.29, 1.82) is 0 Å². The molecule has 8 nitrogen and oxygen atoms in total. The quantitative estimate of drug-likeness (QED) is 0.414. The van der Waals surface area contributed by atoms with Crippen LogP contribution in [-0.2, 0) is 16.4 Å². The first-order valence-corrected chi connectivity index (χ1v) is 13.2. The maximum absolute atomic E-state index is 12.2. The fraction of sp³-hybridized carbons (Fsp3) is 0.320. The molecule has 0 radical (unpaired) electrons. The molecule has 3 heterocycles. The van der Waals surface area contributed by atoms with Gasteiger partial charge < -0.3 is 10.2 Å².